The summed E-state index contributed by atoms with van der Waals surface area (Å²) in [7, 11) is 0. The quantitative estimate of drug-likeness (QED) is 0.439. The van der Waals surface area contributed by atoms with Crippen LogP contribution in [0.1, 0.15) is 66.0 Å². The Balaban J connectivity index is 2.19. The lowest BCUT2D eigenvalue weighted by atomic mass is 9.87. The molecule has 2 aromatic rings. The van der Waals surface area contributed by atoms with E-state index in [0.717, 1.165) is 10.0 Å². The number of amides is 2. The van der Waals surface area contributed by atoms with E-state index in [0.29, 0.717) is 25.1 Å². The lowest BCUT2D eigenvalue weighted by Gasteiger charge is -2.33. The van der Waals surface area contributed by atoms with Crippen LogP contribution in [-0.2, 0) is 21.4 Å². The van der Waals surface area contributed by atoms with E-state index in [1.165, 1.54) is 5.56 Å². The summed E-state index contributed by atoms with van der Waals surface area (Å²) in [5.41, 5.74) is 1.93. The Kier molecular flexibility index (Phi) is 9.74. The first-order chi connectivity index (χ1) is 15.8. The zero-order valence-corrected chi connectivity index (χ0v) is 23.2. The summed E-state index contributed by atoms with van der Waals surface area (Å²) in [6.45, 7) is 14.5. The molecular formula is C28H39BrN2O3. The molecule has 186 valence electrons. The monoisotopic (exact) mass is 530 g/mol. The molecule has 0 unspecified atom stereocenters. The number of hydrogen-bond donors (Lipinski definition) is 1. The molecule has 0 saturated carbocycles. The normalized spacial score (nSPS) is 12.7. The molecule has 0 bridgehead atoms. The summed E-state index contributed by atoms with van der Waals surface area (Å²) in [5.74, 6) is 0.252. The number of rotatable bonds is 9. The number of halogens is 1. The third-order valence-corrected chi connectivity index (χ3v) is 6.14. The highest BCUT2D eigenvalue weighted by Crippen LogP contribution is 2.31. The minimum Gasteiger partial charge on any atom is -0.483 e. The molecule has 2 amide bonds. The van der Waals surface area contributed by atoms with E-state index in [9.17, 15) is 9.59 Å². The van der Waals surface area contributed by atoms with E-state index in [2.05, 4.69) is 42.0 Å². The van der Waals surface area contributed by atoms with Gasteiger partial charge in [-0.05, 0) is 78.2 Å². The summed E-state index contributed by atoms with van der Waals surface area (Å²) in [6, 6.07) is 15.4. The standard InChI is InChI=1S/C28H39BrN2O3/c1-8-23(26(33)30-28(5,6)7)31(17-16-20-12-10-9-11-13-20)25(32)19-34-24-15-14-21(18-22(24)29)27(2,3)4/h9-15,18,23H,8,16-17,19H2,1-7H3,(H,30,33)/t23-/m1/s1. The van der Waals surface area contributed by atoms with Crippen molar-refractivity contribution >= 4 is 27.7 Å². The maximum absolute atomic E-state index is 13.4. The molecule has 0 aliphatic heterocycles. The van der Waals surface area contributed by atoms with Crippen LogP contribution in [-0.4, -0.2) is 41.4 Å². The van der Waals surface area contributed by atoms with E-state index in [-0.39, 0.29) is 29.4 Å². The van der Waals surface area contributed by atoms with Gasteiger partial charge in [-0.15, -0.1) is 0 Å². The molecule has 0 aliphatic carbocycles. The SMILES string of the molecule is CC[C@H](C(=O)NC(C)(C)C)N(CCc1ccccc1)C(=O)COc1ccc(C(C)(C)C)cc1Br. The van der Waals surface area contributed by atoms with Crippen molar-refractivity contribution in [2.75, 3.05) is 13.2 Å². The summed E-state index contributed by atoms with van der Waals surface area (Å²) < 4.78 is 6.71. The topological polar surface area (TPSA) is 58.6 Å². The number of benzene rings is 2. The minimum absolute atomic E-state index is 0.0138. The Labute approximate surface area is 213 Å². The van der Waals surface area contributed by atoms with E-state index >= 15 is 0 Å². The number of nitrogens with zero attached hydrogens (tertiary/aromatic N) is 1. The Morgan fingerprint density at radius 1 is 1.03 bits per heavy atom. The second kappa shape index (κ2) is 11.9. The lowest BCUT2D eigenvalue weighted by Crippen LogP contribution is -2.54. The van der Waals surface area contributed by atoms with E-state index < -0.39 is 6.04 Å². The van der Waals surface area contributed by atoms with Crippen molar-refractivity contribution in [3.05, 3.63) is 64.1 Å². The van der Waals surface area contributed by atoms with Crippen LogP contribution >= 0.6 is 15.9 Å². The lowest BCUT2D eigenvalue weighted by molar-refractivity contribution is -0.142. The van der Waals surface area contributed by atoms with E-state index in [1.54, 1.807) is 4.90 Å². The van der Waals surface area contributed by atoms with Gasteiger partial charge < -0.3 is 15.0 Å². The molecule has 0 radical (unpaired) electrons. The largest absolute Gasteiger partial charge is 0.483 e. The van der Waals surface area contributed by atoms with Crippen LogP contribution in [0.15, 0.2) is 53.0 Å². The van der Waals surface area contributed by atoms with Crippen LogP contribution in [0.2, 0.25) is 0 Å². The van der Waals surface area contributed by atoms with Gasteiger partial charge in [0.2, 0.25) is 5.91 Å². The van der Waals surface area contributed by atoms with Gasteiger partial charge in [0, 0.05) is 12.1 Å². The van der Waals surface area contributed by atoms with Crippen molar-refractivity contribution in [2.24, 2.45) is 0 Å². The van der Waals surface area contributed by atoms with E-state index in [1.807, 2.05) is 76.2 Å². The first-order valence-electron chi connectivity index (χ1n) is 11.9. The molecule has 2 aromatic carbocycles. The van der Waals surface area contributed by atoms with Crippen LogP contribution in [0.25, 0.3) is 0 Å². The first-order valence-corrected chi connectivity index (χ1v) is 12.7. The van der Waals surface area contributed by atoms with Crippen molar-refractivity contribution in [2.45, 2.75) is 78.3 Å². The summed E-state index contributed by atoms with van der Waals surface area (Å²) in [5, 5.41) is 3.03. The smallest absolute Gasteiger partial charge is 0.261 e. The molecule has 0 aliphatic rings. The van der Waals surface area contributed by atoms with Gasteiger partial charge in [-0.1, -0.05) is 64.1 Å². The predicted molar refractivity (Wildman–Crippen MR) is 142 cm³/mol. The molecule has 0 aromatic heterocycles. The predicted octanol–water partition coefficient (Wildman–Crippen LogP) is 5.89. The van der Waals surface area contributed by atoms with Gasteiger partial charge in [0.05, 0.1) is 4.47 Å². The average Bonchev–Trinajstić information content (AvgIpc) is 2.74. The third-order valence-electron chi connectivity index (χ3n) is 5.52. The zero-order chi connectivity index (χ0) is 25.5. The van der Waals surface area contributed by atoms with Gasteiger partial charge in [-0.25, -0.2) is 0 Å². The fourth-order valence-corrected chi connectivity index (χ4v) is 4.15. The second-order valence-electron chi connectivity index (χ2n) is 10.7. The fraction of sp³-hybridized carbons (Fsp3) is 0.500. The van der Waals surface area contributed by atoms with Crippen LogP contribution in [0, 0.1) is 0 Å². The van der Waals surface area contributed by atoms with Crippen LogP contribution in [0.4, 0.5) is 0 Å². The minimum atomic E-state index is -0.564. The number of carbonyl (C=O) groups excluding carboxylic acids is 2. The Morgan fingerprint density at radius 2 is 1.68 bits per heavy atom. The summed E-state index contributed by atoms with van der Waals surface area (Å²) in [4.78, 5) is 28.1. The molecule has 1 N–H and O–H groups in total. The zero-order valence-electron chi connectivity index (χ0n) is 21.6. The molecule has 1 atom stereocenters. The van der Waals surface area contributed by atoms with Gasteiger partial charge in [-0.3, -0.25) is 9.59 Å². The highest BCUT2D eigenvalue weighted by atomic mass is 79.9. The molecule has 34 heavy (non-hydrogen) atoms. The molecular weight excluding hydrogens is 492 g/mol. The maximum Gasteiger partial charge on any atom is 0.261 e. The second-order valence-corrected chi connectivity index (χ2v) is 11.5. The third kappa shape index (κ3) is 8.46. The van der Waals surface area contributed by atoms with Crippen molar-refractivity contribution < 1.29 is 14.3 Å². The van der Waals surface area contributed by atoms with E-state index in [4.69, 9.17) is 4.74 Å². The van der Waals surface area contributed by atoms with Crippen LogP contribution in [0.5, 0.6) is 5.75 Å². The number of nitrogens with one attached hydrogen (secondary N) is 1. The summed E-state index contributed by atoms with van der Waals surface area (Å²) >= 11 is 3.57. The van der Waals surface area contributed by atoms with Crippen molar-refractivity contribution in [1.82, 2.24) is 10.2 Å². The van der Waals surface area contributed by atoms with Gasteiger partial charge in [0.1, 0.15) is 11.8 Å². The fourth-order valence-electron chi connectivity index (χ4n) is 3.66. The Morgan fingerprint density at radius 3 is 2.21 bits per heavy atom. The average molecular weight is 532 g/mol. The van der Waals surface area contributed by atoms with Gasteiger partial charge >= 0.3 is 0 Å². The highest BCUT2D eigenvalue weighted by Gasteiger charge is 2.30. The first kappa shape index (κ1) is 27.9. The van der Waals surface area contributed by atoms with Gasteiger partial charge in [0.15, 0.2) is 6.61 Å². The van der Waals surface area contributed by atoms with Crippen molar-refractivity contribution in [3.63, 3.8) is 0 Å². The molecule has 0 saturated heterocycles. The highest BCUT2D eigenvalue weighted by molar-refractivity contribution is 9.10. The van der Waals surface area contributed by atoms with Crippen LogP contribution < -0.4 is 10.1 Å². The Bertz CT molecular complexity index is 962. The van der Waals surface area contributed by atoms with Gasteiger partial charge in [0.25, 0.3) is 5.91 Å². The number of hydrogen-bond acceptors (Lipinski definition) is 3. The van der Waals surface area contributed by atoms with Gasteiger partial charge in [-0.2, -0.15) is 0 Å². The molecule has 0 heterocycles. The Hall–Kier alpha value is -2.34. The molecule has 6 heteroatoms. The van der Waals surface area contributed by atoms with Crippen molar-refractivity contribution in [3.8, 4) is 5.75 Å². The molecule has 5 nitrogen and oxygen atoms in total. The van der Waals surface area contributed by atoms with Crippen molar-refractivity contribution in [1.29, 1.82) is 0 Å². The summed E-state index contributed by atoms with van der Waals surface area (Å²) in [6.07, 6.45) is 1.18. The van der Waals surface area contributed by atoms with Crippen LogP contribution in [0.3, 0.4) is 0 Å². The molecule has 0 fully saturated rings. The molecule has 0 spiro atoms. The maximum atomic E-state index is 13.4. The number of ether oxygens (including phenoxy) is 1. The molecule has 2 rings (SSSR count). The number of carbonyl (C=O) groups is 2.